The van der Waals surface area contributed by atoms with Crippen molar-refractivity contribution in [1.29, 1.82) is 0 Å². The molecule has 43 heavy (non-hydrogen) atoms. The summed E-state index contributed by atoms with van der Waals surface area (Å²) in [7, 11) is 4.66. The third-order valence-corrected chi connectivity index (χ3v) is 8.14. The second kappa shape index (κ2) is 10.5. The molecule has 2 heterocycles. The van der Waals surface area contributed by atoms with Crippen molar-refractivity contribution in [2.45, 2.75) is 0 Å². The van der Waals surface area contributed by atoms with Crippen LogP contribution in [0.4, 0.5) is 27.1 Å². The zero-order valence-corrected chi connectivity index (χ0v) is 23.9. The number of carbonyl (C=O) groups is 1. The second-order valence-electron chi connectivity index (χ2n) is 10.4. The predicted octanol–water partition coefficient (Wildman–Crippen LogP) is 6.27. The Morgan fingerprint density at radius 3 is 2.09 bits per heavy atom. The molecule has 0 spiro atoms. The van der Waals surface area contributed by atoms with Gasteiger partial charge in [-0.15, -0.1) is 0 Å². The van der Waals surface area contributed by atoms with Crippen LogP contribution in [0, 0.1) is 5.82 Å². The normalized spacial score (nSPS) is 14.1. The Balaban J connectivity index is 1.35. The molecule has 10 heteroatoms. The van der Waals surface area contributed by atoms with Crippen molar-refractivity contribution in [2.24, 2.45) is 0 Å². The first-order valence-electron chi connectivity index (χ1n) is 13.9. The van der Waals surface area contributed by atoms with Gasteiger partial charge in [0.25, 0.3) is 0 Å². The molecule has 0 unspecified atom stereocenters. The van der Waals surface area contributed by atoms with Gasteiger partial charge in [0.15, 0.2) is 23.0 Å². The van der Waals surface area contributed by atoms with Crippen LogP contribution in [0.25, 0.3) is 22.2 Å². The van der Waals surface area contributed by atoms with Gasteiger partial charge in [0, 0.05) is 55.1 Å². The maximum atomic E-state index is 14.5. The Kier molecular flexibility index (Phi) is 6.53. The second-order valence-corrected chi connectivity index (χ2v) is 10.4. The number of halogens is 1. The highest BCUT2D eigenvalue weighted by molar-refractivity contribution is 6.28. The largest absolute Gasteiger partial charge is 0.493 e. The van der Waals surface area contributed by atoms with E-state index in [0.29, 0.717) is 93.8 Å². The fourth-order valence-corrected chi connectivity index (χ4v) is 6.09. The van der Waals surface area contributed by atoms with Crippen molar-refractivity contribution in [3.63, 3.8) is 0 Å². The lowest BCUT2D eigenvalue weighted by Crippen LogP contribution is -2.47. The van der Waals surface area contributed by atoms with Crippen molar-refractivity contribution < 1.29 is 27.9 Å². The van der Waals surface area contributed by atoms with Gasteiger partial charge < -0.3 is 33.9 Å². The molecule has 1 saturated heterocycles. The van der Waals surface area contributed by atoms with E-state index in [1.165, 1.54) is 6.07 Å². The van der Waals surface area contributed by atoms with E-state index in [4.69, 9.17) is 18.7 Å². The van der Waals surface area contributed by atoms with Crippen LogP contribution in [0.2, 0.25) is 0 Å². The monoisotopic (exact) mass is 580 g/mol. The Morgan fingerprint density at radius 2 is 1.44 bits per heavy atom. The first-order chi connectivity index (χ1) is 21.0. The van der Waals surface area contributed by atoms with Crippen LogP contribution in [0.15, 0.2) is 71.3 Å². The molecular formula is C33H29FN4O5. The maximum Gasteiger partial charge on any atom is 0.203 e. The summed E-state index contributed by atoms with van der Waals surface area (Å²) < 4.78 is 37.1. The number of methoxy groups -OCH3 is 3. The molecule has 0 bridgehead atoms. The molecule has 1 aromatic heterocycles. The van der Waals surface area contributed by atoms with Crippen LogP contribution < -0.4 is 29.3 Å². The summed E-state index contributed by atoms with van der Waals surface area (Å²) in [6.07, 6.45) is 0. The maximum absolute atomic E-state index is 14.5. The first kappa shape index (κ1) is 26.6. The quantitative estimate of drug-likeness (QED) is 0.235. The Labute approximate surface area is 247 Å². The Bertz CT molecular complexity index is 1850. The standard InChI is InChI=1S/C33H29FN4O5/c1-40-26-16-19(17-27(41-2)33(26)42-3)35-23-18-25(38-14-12-37(13-15-38)24-11-7-6-10-22(24)34)30-29-28(23)31(39)20-8-4-5-9-21(20)32(29)43-36-30/h4-11,16-18,35H,12-15H2,1-3H3. The number of ketones is 1. The molecule has 5 aromatic rings. The smallest absolute Gasteiger partial charge is 0.203 e. The van der Waals surface area contributed by atoms with Gasteiger partial charge in [0.1, 0.15) is 11.3 Å². The summed E-state index contributed by atoms with van der Waals surface area (Å²) in [4.78, 5) is 18.3. The zero-order chi connectivity index (χ0) is 29.7. The lowest BCUT2D eigenvalue weighted by Gasteiger charge is -2.37. The minimum Gasteiger partial charge on any atom is -0.493 e. The van der Waals surface area contributed by atoms with Gasteiger partial charge in [-0.1, -0.05) is 41.6 Å². The molecule has 7 rings (SSSR count). The zero-order valence-electron chi connectivity index (χ0n) is 23.9. The number of piperazine rings is 1. The van der Waals surface area contributed by atoms with E-state index in [1.54, 1.807) is 51.7 Å². The molecule has 0 saturated carbocycles. The van der Waals surface area contributed by atoms with Gasteiger partial charge in [0.05, 0.1) is 49.3 Å². The van der Waals surface area contributed by atoms with E-state index in [0.717, 1.165) is 5.69 Å². The molecule has 1 fully saturated rings. The number of ether oxygens (including phenoxy) is 3. The Hall–Kier alpha value is -5.25. The molecule has 0 amide bonds. The fraction of sp³-hybridized carbons (Fsp3) is 0.212. The molecule has 2 aliphatic rings. The number of para-hydroxylation sites is 1. The minimum atomic E-state index is -0.236. The Morgan fingerprint density at radius 1 is 0.814 bits per heavy atom. The summed E-state index contributed by atoms with van der Waals surface area (Å²) in [5, 5.41) is 8.61. The number of nitrogens with one attached hydrogen (secondary N) is 1. The number of benzene rings is 4. The van der Waals surface area contributed by atoms with E-state index in [1.807, 2.05) is 35.2 Å². The number of hydrogen-bond donors (Lipinski definition) is 1. The van der Waals surface area contributed by atoms with Crippen molar-refractivity contribution in [2.75, 3.05) is 62.6 Å². The van der Waals surface area contributed by atoms with E-state index >= 15 is 0 Å². The van der Waals surface area contributed by atoms with Gasteiger partial charge in [-0.25, -0.2) is 4.39 Å². The van der Waals surface area contributed by atoms with Crippen molar-refractivity contribution >= 4 is 39.4 Å². The van der Waals surface area contributed by atoms with E-state index < -0.39 is 0 Å². The summed E-state index contributed by atoms with van der Waals surface area (Å²) >= 11 is 0. The third-order valence-electron chi connectivity index (χ3n) is 8.14. The minimum absolute atomic E-state index is 0.123. The first-order valence-corrected chi connectivity index (χ1v) is 13.9. The van der Waals surface area contributed by atoms with Crippen LogP contribution in [0.3, 0.4) is 0 Å². The number of fused-ring (bicyclic) bond motifs is 2. The number of aromatic nitrogens is 1. The van der Waals surface area contributed by atoms with Crippen LogP contribution in [-0.2, 0) is 0 Å². The molecule has 0 atom stereocenters. The fourth-order valence-electron chi connectivity index (χ4n) is 6.09. The van der Waals surface area contributed by atoms with Crippen LogP contribution in [0.5, 0.6) is 17.2 Å². The molecule has 1 aliphatic heterocycles. The van der Waals surface area contributed by atoms with Crippen molar-refractivity contribution in [3.05, 3.63) is 83.7 Å². The van der Waals surface area contributed by atoms with E-state index in [-0.39, 0.29) is 11.6 Å². The van der Waals surface area contributed by atoms with Crippen LogP contribution >= 0.6 is 0 Å². The lowest BCUT2D eigenvalue weighted by molar-refractivity contribution is 0.104. The SMILES string of the molecule is COc1cc(Nc2cc(N3CCN(c4ccccc4F)CC3)c3noc4c3c2C(=O)c2ccccc2-4)cc(OC)c1OC. The topological polar surface area (TPSA) is 89.3 Å². The number of hydrogen-bond acceptors (Lipinski definition) is 9. The predicted molar refractivity (Wildman–Crippen MR) is 163 cm³/mol. The average molecular weight is 581 g/mol. The summed E-state index contributed by atoms with van der Waals surface area (Å²) in [6.45, 7) is 2.48. The average Bonchev–Trinajstić information content (AvgIpc) is 3.49. The number of carbonyl (C=O) groups excluding carboxylic acids is 1. The summed E-state index contributed by atoms with van der Waals surface area (Å²) in [5.41, 5.74) is 5.00. The molecule has 1 N–H and O–H groups in total. The molecule has 0 radical (unpaired) electrons. The van der Waals surface area contributed by atoms with Crippen LogP contribution in [-0.4, -0.2) is 58.4 Å². The van der Waals surface area contributed by atoms with Gasteiger partial charge >= 0.3 is 0 Å². The number of anilines is 4. The van der Waals surface area contributed by atoms with Crippen LogP contribution in [0.1, 0.15) is 15.9 Å². The third kappa shape index (κ3) is 4.29. The highest BCUT2D eigenvalue weighted by Gasteiger charge is 2.34. The van der Waals surface area contributed by atoms with Crippen molar-refractivity contribution in [1.82, 2.24) is 5.16 Å². The molecule has 4 aromatic carbocycles. The molecule has 9 nitrogen and oxygen atoms in total. The lowest BCUT2D eigenvalue weighted by atomic mass is 9.86. The van der Waals surface area contributed by atoms with E-state index in [2.05, 4.69) is 15.4 Å². The summed E-state index contributed by atoms with van der Waals surface area (Å²) in [6, 6.07) is 19.7. The van der Waals surface area contributed by atoms with Gasteiger partial charge in [-0.3, -0.25) is 4.79 Å². The summed E-state index contributed by atoms with van der Waals surface area (Å²) in [5.74, 6) is 1.62. The van der Waals surface area contributed by atoms with Crippen molar-refractivity contribution in [3.8, 4) is 28.6 Å². The van der Waals surface area contributed by atoms with E-state index in [9.17, 15) is 9.18 Å². The number of rotatable bonds is 7. The van der Waals surface area contributed by atoms with Gasteiger partial charge in [0.2, 0.25) is 5.75 Å². The highest BCUT2D eigenvalue weighted by atomic mass is 19.1. The highest BCUT2D eigenvalue weighted by Crippen LogP contribution is 2.47. The number of nitrogens with zero attached hydrogens (tertiary/aromatic N) is 3. The van der Waals surface area contributed by atoms with Gasteiger partial charge in [-0.2, -0.15) is 0 Å². The molecular weight excluding hydrogens is 551 g/mol. The molecule has 218 valence electrons. The van der Waals surface area contributed by atoms with Gasteiger partial charge in [-0.05, 0) is 18.2 Å². The molecule has 1 aliphatic carbocycles.